The van der Waals surface area contributed by atoms with Crippen LogP contribution in [-0.4, -0.2) is 70.1 Å². The highest BCUT2D eigenvalue weighted by Gasteiger charge is 2.40. The molecule has 0 saturated heterocycles. The Kier molecular flexibility index (Phi) is 20.3. The molecule has 7 aromatic carbocycles. The summed E-state index contributed by atoms with van der Waals surface area (Å²) in [6.07, 6.45) is 3.67. The maximum atomic E-state index is 14.6. The molecule has 3 amide bonds. The fourth-order valence-corrected chi connectivity index (χ4v) is 12.1. The number of carboxylic acids is 1. The van der Waals surface area contributed by atoms with Crippen LogP contribution in [0.1, 0.15) is 71.0 Å². The SMILES string of the molecule is O=C(O)CCCCNC(=O)[C@@H](CSC(c1ccccc1)(c1ccccc1)c1ccccc1)NC(=O)[C@@H](Cc1ccccc1)NC(=O)C[C@H](O)/C=C/CCSC(c1ccccc1)(c1ccccc1)c1ccccc1. The van der Waals surface area contributed by atoms with Crippen molar-refractivity contribution >= 4 is 47.2 Å². The number of hydrogen-bond acceptors (Lipinski definition) is 7. The highest BCUT2D eigenvalue weighted by molar-refractivity contribution is 8.00. The Bertz CT molecular complexity index is 2610. The summed E-state index contributed by atoms with van der Waals surface area (Å²) in [7, 11) is 0. The molecule has 0 aromatic heterocycles. The average molecular weight is 1010 g/mol. The van der Waals surface area contributed by atoms with Crippen LogP contribution in [0.15, 0.2) is 224 Å². The number of unbranched alkanes of at least 4 members (excludes halogenated alkanes) is 1. The van der Waals surface area contributed by atoms with E-state index in [0.29, 0.717) is 25.0 Å². The first-order chi connectivity index (χ1) is 35.7. The van der Waals surface area contributed by atoms with Crippen molar-refractivity contribution in [2.75, 3.05) is 18.1 Å². The van der Waals surface area contributed by atoms with Crippen LogP contribution in [0.4, 0.5) is 0 Å². The summed E-state index contributed by atoms with van der Waals surface area (Å²) in [5.74, 6) is -1.59. The summed E-state index contributed by atoms with van der Waals surface area (Å²) >= 11 is 3.33. The molecule has 0 heterocycles. The van der Waals surface area contributed by atoms with Crippen molar-refractivity contribution in [3.8, 4) is 0 Å². The van der Waals surface area contributed by atoms with Crippen LogP contribution in [0.2, 0.25) is 0 Å². The minimum Gasteiger partial charge on any atom is -0.481 e. The van der Waals surface area contributed by atoms with Gasteiger partial charge in [0.2, 0.25) is 17.7 Å². The molecule has 5 N–H and O–H groups in total. The van der Waals surface area contributed by atoms with E-state index in [4.69, 9.17) is 0 Å². The Labute approximate surface area is 438 Å². The van der Waals surface area contributed by atoms with Gasteiger partial charge in [0.15, 0.2) is 0 Å². The summed E-state index contributed by atoms with van der Waals surface area (Å²) in [6.45, 7) is 0.215. The molecule has 3 atom stereocenters. The third kappa shape index (κ3) is 14.7. The number of allylic oxidation sites excluding steroid dienone is 1. The second-order valence-electron chi connectivity index (χ2n) is 17.7. The third-order valence-corrected chi connectivity index (χ3v) is 15.8. The molecule has 0 spiro atoms. The van der Waals surface area contributed by atoms with Crippen LogP contribution in [-0.2, 0) is 35.1 Å². The van der Waals surface area contributed by atoms with Gasteiger partial charge in [-0.15, -0.1) is 23.5 Å². The second kappa shape index (κ2) is 27.6. The van der Waals surface area contributed by atoms with Gasteiger partial charge in [0.1, 0.15) is 12.1 Å². The maximum absolute atomic E-state index is 14.6. The van der Waals surface area contributed by atoms with E-state index in [1.54, 1.807) is 6.08 Å². The zero-order valence-electron chi connectivity index (χ0n) is 40.8. The van der Waals surface area contributed by atoms with Gasteiger partial charge >= 0.3 is 5.97 Å². The van der Waals surface area contributed by atoms with E-state index in [0.717, 1.165) is 38.9 Å². The molecule has 7 aromatic rings. The summed E-state index contributed by atoms with van der Waals surface area (Å²) in [5.41, 5.74) is 7.22. The Morgan fingerprint density at radius 2 is 0.918 bits per heavy atom. The summed E-state index contributed by atoms with van der Waals surface area (Å²) < 4.78 is -1.29. The largest absolute Gasteiger partial charge is 0.481 e. The summed E-state index contributed by atoms with van der Waals surface area (Å²) in [5, 5.41) is 29.3. The van der Waals surface area contributed by atoms with Crippen LogP contribution in [0.5, 0.6) is 0 Å². The zero-order valence-corrected chi connectivity index (χ0v) is 42.4. The van der Waals surface area contributed by atoms with Gasteiger partial charge in [0.05, 0.1) is 22.0 Å². The fraction of sp³-hybridized carbons (Fsp3) is 0.226. The lowest BCUT2D eigenvalue weighted by atomic mass is 9.84. The van der Waals surface area contributed by atoms with Gasteiger partial charge in [-0.25, -0.2) is 0 Å². The normalized spacial score (nSPS) is 12.8. The van der Waals surface area contributed by atoms with E-state index in [1.165, 1.54) is 11.8 Å². The molecule has 0 radical (unpaired) electrons. The van der Waals surface area contributed by atoms with Crippen molar-refractivity contribution in [2.45, 2.75) is 66.2 Å². The monoisotopic (exact) mass is 1010 g/mol. The summed E-state index contributed by atoms with van der Waals surface area (Å²) in [4.78, 5) is 54.0. The van der Waals surface area contributed by atoms with Gasteiger partial charge in [-0.1, -0.05) is 224 Å². The number of nitrogens with one attached hydrogen (secondary N) is 3. The highest BCUT2D eigenvalue weighted by atomic mass is 32.2. The molecular weight excluding hydrogens is 947 g/mol. The number of carbonyl (C=O) groups excluding carboxylic acids is 3. The van der Waals surface area contributed by atoms with Crippen LogP contribution < -0.4 is 16.0 Å². The van der Waals surface area contributed by atoms with Gasteiger partial charge in [0.25, 0.3) is 0 Å². The molecule has 0 aliphatic carbocycles. The van der Waals surface area contributed by atoms with Gasteiger partial charge in [0, 0.05) is 25.1 Å². The molecule has 9 nitrogen and oxygen atoms in total. The number of amides is 3. The van der Waals surface area contributed by atoms with Crippen LogP contribution in [0, 0.1) is 0 Å². The second-order valence-corrected chi connectivity index (χ2v) is 20.3. The van der Waals surface area contributed by atoms with Crippen molar-refractivity contribution in [2.24, 2.45) is 0 Å². The first-order valence-corrected chi connectivity index (χ1v) is 26.7. The molecule has 73 heavy (non-hydrogen) atoms. The molecule has 0 aliphatic heterocycles. The number of aliphatic carboxylic acids is 1. The third-order valence-electron chi connectivity index (χ3n) is 12.6. The topological polar surface area (TPSA) is 145 Å². The molecule has 374 valence electrons. The van der Waals surface area contributed by atoms with Crippen molar-refractivity contribution in [3.05, 3.63) is 263 Å². The highest BCUT2D eigenvalue weighted by Crippen LogP contribution is 2.50. The number of thioether (sulfide) groups is 2. The lowest BCUT2D eigenvalue weighted by molar-refractivity contribution is -0.137. The lowest BCUT2D eigenvalue weighted by Gasteiger charge is -2.36. The maximum Gasteiger partial charge on any atom is 0.303 e. The number of carbonyl (C=O) groups is 4. The molecule has 0 aliphatic rings. The van der Waals surface area contributed by atoms with Gasteiger partial charge in [-0.2, -0.15) is 0 Å². The summed E-state index contributed by atoms with van der Waals surface area (Å²) in [6, 6.07) is 68.7. The molecule has 0 saturated carbocycles. The Morgan fingerprint density at radius 1 is 0.507 bits per heavy atom. The van der Waals surface area contributed by atoms with E-state index in [1.807, 2.05) is 121 Å². The molecule has 0 fully saturated rings. The van der Waals surface area contributed by atoms with Crippen molar-refractivity contribution in [1.29, 1.82) is 0 Å². The van der Waals surface area contributed by atoms with Crippen LogP contribution in [0.3, 0.4) is 0 Å². The first-order valence-electron chi connectivity index (χ1n) is 24.8. The van der Waals surface area contributed by atoms with Gasteiger partial charge < -0.3 is 26.2 Å². The van der Waals surface area contributed by atoms with E-state index in [-0.39, 0.29) is 31.6 Å². The molecule has 11 heteroatoms. The van der Waals surface area contributed by atoms with Crippen molar-refractivity contribution in [1.82, 2.24) is 16.0 Å². The van der Waals surface area contributed by atoms with E-state index >= 15 is 0 Å². The first kappa shape index (κ1) is 53.6. The predicted molar refractivity (Wildman–Crippen MR) is 296 cm³/mol. The number of rotatable bonds is 27. The molecular formula is C62H63N3O6S2. The average Bonchev–Trinajstić information content (AvgIpc) is 3.43. The lowest BCUT2D eigenvalue weighted by Crippen LogP contribution is -2.55. The number of aliphatic hydroxyl groups excluding tert-OH is 1. The Balaban J connectivity index is 1.08. The molecule has 7 rings (SSSR count). The van der Waals surface area contributed by atoms with Crippen LogP contribution in [0.25, 0.3) is 0 Å². The standard InChI is InChI=1S/C62H63N3O6S2/c66-54(40-23-25-43-72-61(48-28-10-2-11-29-48,49-30-12-3-13-31-49)50-32-14-4-15-33-50)45-57(67)64-55(44-47-26-8-1-9-27-47)60(71)65-56(59(70)63-42-24-22-41-58(68)69)46-73-62(51-34-16-5-17-35-51,52-36-18-6-19-37-52)53-38-20-7-21-39-53/h1-21,23,26-40,54-56,66H,22,24-25,41-46H2,(H,63,70)(H,64,67)(H,65,71)(H,68,69)/b40-23+/t54-,55-,56-/m1/s1. The predicted octanol–water partition coefficient (Wildman–Crippen LogP) is 10.7. The minimum atomic E-state index is -1.12. The van der Waals surface area contributed by atoms with Gasteiger partial charge in [-0.3, -0.25) is 19.2 Å². The van der Waals surface area contributed by atoms with Crippen LogP contribution >= 0.6 is 23.5 Å². The van der Waals surface area contributed by atoms with Crippen molar-refractivity contribution < 1.29 is 29.4 Å². The zero-order chi connectivity index (χ0) is 51.1. The Morgan fingerprint density at radius 3 is 1.34 bits per heavy atom. The number of aliphatic hydroxyl groups is 1. The number of carboxylic acid groups (broad SMARTS) is 1. The minimum absolute atomic E-state index is 0.0248. The van der Waals surface area contributed by atoms with Gasteiger partial charge in [-0.05, 0) is 64.0 Å². The molecule has 0 bridgehead atoms. The Hall–Kier alpha value is -7.18. The smallest absolute Gasteiger partial charge is 0.303 e. The quantitative estimate of drug-likeness (QED) is 0.0195. The number of benzene rings is 7. The van der Waals surface area contributed by atoms with Crippen molar-refractivity contribution in [3.63, 3.8) is 0 Å². The fourth-order valence-electron chi connectivity index (χ4n) is 9.04. The number of hydrogen-bond donors (Lipinski definition) is 5. The van der Waals surface area contributed by atoms with E-state index in [2.05, 4.69) is 125 Å². The van der Waals surface area contributed by atoms with E-state index < -0.39 is 51.4 Å². The van der Waals surface area contributed by atoms with E-state index in [9.17, 15) is 29.4 Å². The molecule has 0 unspecified atom stereocenters.